The number of sulfonamides is 1. The normalized spacial score (nSPS) is 25.1. The minimum absolute atomic E-state index is 0.152. The Balaban J connectivity index is 2.12. The molecule has 0 radical (unpaired) electrons. The smallest absolute Gasteiger partial charge is 0.213 e. The van der Waals surface area contributed by atoms with Gasteiger partial charge in [0.15, 0.2) is 0 Å². The summed E-state index contributed by atoms with van der Waals surface area (Å²) < 4.78 is 48.9. The maximum Gasteiger partial charge on any atom is 0.213 e. The molecule has 4 nitrogen and oxygen atoms in total. The van der Waals surface area contributed by atoms with Gasteiger partial charge in [0.05, 0.1) is 5.25 Å². The third-order valence-electron chi connectivity index (χ3n) is 3.17. The Morgan fingerprint density at radius 3 is 2.56 bits per heavy atom. The summed E-state index contributed by atoms with van der Waals surface area (Å²) in [6.45, 7) is 0.152. The molecule has 1 aromatic carbocycles. The highest BCUT2D eigenvalue weighted by Gasteiger charge is 2.29. The molecular weight excluding hydrogens is 262 g/mol. The first-order valence-corrected chi connectivity index (χ1v) is 7.19. The van der Waals surface area contributed by atoms with E-state index in [1.54, 1.807) is 0 Å². The first-order valence-electron chi connectivity index (χ1n) is 5.58. The Labute approximate surface area is 104 Å². The van der Waals surface area contributed by atoms with Crippen LogP contribution in [0.3, 0.4) is 0 Å². The topological polar surface area (TPSA) is 72.2 Å². The molecule has 2 rings (SSSR count). The van der Waals surface area contributed by atoms with Crippen LogP contribution < -0.4 is 10.5 Å². The van der Waals surface area contributed by atoms with Gasteiger partial charge in [-0.3, -0.25) is 0 Å². The largest absolute Gasteiger partial charge is 0.308 e. The number of primary sulfonamides is 1. The maximum absolute atomic E-state index is 13.5. The van der Waals surface area contributed by atoms with E-state index >= 15 is 0 Å². The summed E-state index contributed by atoms with van der Waals surface area (Å²) >= 11 is 0. The van der Waals surface area contributed by atoms with Crippen molar-refractivity contribution in [3.05, 3.63) is 35.4 Å². The predicted octanol–water partition coefficient (Wildman–Crippen LogP) is 1.05. The number of hydrogen-bond acceptors (Lipinski definition) is 3. The highest BCUT2D eigenvalue weighted by Crippen LogP contribution is 2.27. The number of halogens is 2. The summed E-state index contributed by atoms with van der Waals surface area (Å²) in [7, 11) is -3.58. The van der Waals surface area contributed by atoms with Crippen molar-refractivity contribution in [2.24, 2.45) is 5.14 Å². The number of piperidine rings is 1. The number of nitrogens with one attached hydrogen (secondary N) is 1. The van der Waals surface area contributed by atoms with Crippen LogP contribution in [0, 0.1) is 11.6 Å². The summed E-state index contributed by atoms with van der Waals surface area (Å²) in [4.78, 5) is 0. The van der Waals surface area contributed by atoms with Gasteiger partial charge >= 0.3 is 0 Å². The van der Waals surface area contributed by atoms with Crippen LogP contribution in [-0.4, -0.2) is 20.2 Å². The van der Waals surface area contributed by atoms with Gasteiger partial charge in [0, 0.05) is 18.2 Å². The van der Waals surface area contributed by atoms with Gasteiger partial charge in [-0.25, -0.2) is 22.3 Å². The van der Waals surface area contributed by atoms with Crippen molar-refractivity contribution in [3.63, 3.8) is 0 Å². The van der Waals surface area contributed by atoms with Gasteiger partial charge in [-0.15, -0.1) is 0 Å². The summed E-state index contributed by atoms with van der Waals surface area (Å²) in [5.74, 6) is -1.01. The number of benzene rings is 1. The van der Waals surface area contributed by atoms with Gasteiger partial charge in [-0.05, 0) is 31.0 Å². The van der Waals surface area contributed by atoms with Crippen molar-refractivity contribution in [2.45, 2.75) is 24.1 Å². The van der Waals surface area contributed by atoms with E-state index in [0.29, 0.717) is 12.8 Å². The van der Waals surface area contributed by atoms with E-state index in [0.717, 1.165) is 18.2 Å². The van der Waals surface area contributed by atoms with Crippen molar-refractivity contribution in [3.8, 4) is 0 Å². The van der Waals surface area contributed by atoms with Crippen LogP contribution in [0.1, 0.15) is 24.4 Å². The van der Waals surface area contributed by atoms with E-state index in [2.05, 4.69) is 5.32 Å². The van der Waals surface area contributed by atoms with E-state index in [4.69, 9.17) is 5.14 Å². The Kier molecular flexibility index (Phi) is 3.65. The predicted molar refractivity (Wildman–Crippen MR) is 63.2 cm³/mol. The molecule has 0 bridgehead atoms. The van der Waals surface area contributed by atoms with Crippen LogP contribution in [-0.2, 0) is 10.0 Å². The first kappa shape index (κ1) is 13.4. The molecule has 2 atom stereocenters. The molecule has 100 valence electrons. The van der Waals surface area contributed by atoms with Gasteiger partial charge in [-0.1, -0.05) is 0 Å². The molecule has 2 unspecified atom stereocenters. The van der Waals surface area contributed by atoms with Crippen LogP contribution in [0.25, 0.3) is 0 Å². The van der Waals surface area contributed by atoms with E-state index in [1.807, 2.05) is 0 Å². The molecule has 3 N–H and O–H groups in total. The summed E-state index contributed by atoms with van der Waals surface area (Å²) in [6, 6.07) is 2.87. The van der Waals surface area contributed by atoms with E-state index in [-0.39, 0.29) is 18.2 Å². The zero-order chi connectivity index (χ0) is 13.3. The second-order valence-corrected chi connectivity index (χ2v) is 6.26. The fourth-order valence-corrected chi connectivity index (χ4v) is 2.95. The molecule has 0 saturated carbocycles. The molecule has 1 saturated heterocycles. The van der Waals surface area contributed by atoms with Crippen molar-refractivity contribution >= 4 is 10.0 Å². The van der Waals surface area contributed by atoms with Crippen molar-refractivity contribution in [2.75, 3.05) is 6.54 Å². The second-order valence-electron chi connectivity index (χ2n) is 4.42. The molecule has 1 heterocycles. The zero-order valence-electron chi connectivity index (χ0n) is 9.57. The van der Waals surface area contributed by atoms with Gasteiger partial charge in [0.25, 0.3) is 0 Å². The number of hydrogen-bond donors (Lipinski definition) is 2. The molecule has 1 aromatic rings. The molecule has 1 aliphatic rings. The van der Waals surface area contributed by atoms with E-state index in [1.165, 1.54) is 0 Å². The Morgan fingerprint density at radius 1 is 1.28 bits per heavy atom. The minimum atomic E-state index is -3.58. The summed E-state index contributed by atoms with van der Waals surface area (Å²) in [6.07, 6.45) is 0.744. The van der Waals surface area contributed by atoms with Crippen LogP contribution in [0.5, 0.6) is 0 Å². The van der Waals surface area contributed by atoms with Gasteiger partial charge < -0.3 is 5.32 Å². The lowest BCUT2D eigenvalue weighted by atomic mass is 9.97. The standard InChI is InChI=1S/C11H14F2N2O2S/c12-7-1-3-10(13)9(5-7)11-4-2-8(6-15-11)18(14,16)17/h1,3,5,8,11,15H,2,4,6H2,(H2,14,16,17). The summed E-state index contributed by atoms with van der Waals surface area (Å²) in [5.41, 5.74) is 0.225. The molecule has 1 aliphatic heterocycles. The maximum atomic E-state index is 13.5. The lowest BCUT2D eigenvalue weighted by Crippen LogP contribution is -2.43. The first-order chi connectivity index (χ1) is 8.38. The molecule has 0 aromatic heterocycles. The average molecular weight is 276 g/mol. The molecule has 7 heteroatoms. The fraction of sp³-hybridized carbons (Fsp3) is 0.455. The van der Waals surface area contributed by atoms with Gasteiger partial charge in [0.1, 0.15) is 11.6 Å². The van der Waals surface area contributed by atoms with Crippen LogP contribution in [0.2, 0.25) is 0 Å². The molecule has 0 aliphatic carbocycles. The highest BCUT2D eigenvalue weighted by atomic mass is 32.2. The molecular formula is C11H14F2N2O2S. The fourth-order valence-electron chi connectivity index (χ4n) is 2.16. The Bertz CT molecular complexity index is 540. The zero-order valence-corrected chi connectivity index (χ0v) is 10.4. The number of rotatable bonds is 2. The third kappa shape index (κ3) is 2.85. The second kappa shape index (κ2) is 4.91. The van der Waals surface area contributed by atoms with Crippen LogP contribution >= 0.6 is 0 Å². The van der Waals surface area contributed by atoms with Crippen LogP contribution in [0.4, 0.5) is 8.78 Å². The van der Waals surface area contributed by atoms with E-state index < -0.39 is 26.9 Å². The van der Waals surface area contributed by atoms with Crippen LogP contribution in [0.15, 0.2) is 18.2 Å². The number of nitrogens with two attached hydrogens (primary N) is 1. The average Bonchev–Trinajstić information content (AvgIpc) is 2.31. The monoisotopic (exact) mass is 276 g/mol. The quantitative estimate of drug-likeness (QED) is 0.848. The molecule has 18 heavy (non-hydrogen) atoms. The Morgan fingerprint density at radius 2 is 2.00 bits per heavy atom. The molecule has 0 spiro atoms. The van der Waals surface area contributed by atoms with Crippen molar-refractivity contribution in [1.29, 1.82) is 0 Å². The molecule has 1 fully saturated rings. The lowest BCUT2D eigenvalue weighted by Gasteiger charge is -2.29. The summed E-state index contributed by atoms with van der Waals surface area (Å²) in [5, 5.41) is 7.28. The van der Waals surface area contributed by atoms with Gasteiger partial charge in [0.2, 0.25) is 10.0 Å². The van der Waals surface area contributed by atoms with Crippen molar-refractivity contribution < 1.29 is 17.2 Å². The highest BCUT2D eigenvalue weighted by molar-refractivity contribution is 7.89. The minimum Gasteiger partial charge on any atom is -0.308 e. The third-order valence-corrected chi connectivity index (χ3v) is 4.50. The Hall–Kier alpha value is -1.05. The SMILES string of the molecule is NS(=O)(=O)C1CCC(c2cc(F)ccc2F)NC1. The molecule has 0 amide bonds. The van der Waals surface area contributed by atoms with Crippen molar-refractivity contribution in [1.82, 2.24) is 5.32 Å². The van der Waals surface area contributed by atoms with E-state index in [9.17, 15) is 17.2 Å². The lowest BCUT2D eigenvalue weighted by molar-refractivity contribution is 0.395. The van der Waals surface area contributed by atoms with Gasteiger partial charge in [-0.2, -0.15) is 0 Å².